The highest BCUT2D eigenvalue weighted by molar-refractivity contribution is 6.30. The summed E-state index contributed by atoms with van der Waals surface area (Å²) in [5.41, 5.74) is 1.87. The van der Waals surface area contributed by atoms with Crippen molar-refractivity contribution in [2.45, 2.75) is 13.8 Å². The lowest BCUT2D eigenvalue weighted by Gasteiger charge is -2.34. The number of rotatable bonds is 4. The maximum absolute atomic E-state index is 11.8. The van der Waals surface area contributed by atoms with E-state index in [2.05, 4.69) is 25.4 Å². The largest absolute Gasteiger partial charge is 0.450 e. The van der Waals surface area contributed by atoms with Crippen molar-refractivity contribution in [1.82, 2.24) is 20.1 Å². The lowest BCUT2D eigenvalue weighted by Crippen LogP contribution is -2.49. The fourth-order valence-corrected chi connectivity index (χ4v) is 2.95. The van der Waals surface area contributed by atoms with Gasteiger partial charge in [-0.05, 0) is 37.6 Å². The summed E-state index contributed by atoms with van der Waals surface area (Å²) >= 11 is 5.99. The van der Waals surface area contributed by atoms with Crippen molar-refractivity contribution in [2.75, 3.05) is 43.0 Å². The average Bonchev–Trinajstić information content (AvgIpc) is 2.65. The van der Waals surface area contributed by atoms with E-state index < -0.39 is 0 Å². The SMILES string of the molecule is CCOC(=O)N1CCN(c2cnnc(Nc3ccc(Cl)cc3C)n2)CC1. The molecule has 0 unspecified atom stereocenters. The van der Waals surface area contributed by atoms with Gasteiger partial charge in [0.25, 0.3) is 0 Å². The number of ether oxygens (including phenoxy) is 1. The first-order valence-corrected chi connectivity index (χ1v) is 8.84. The van der Waals surface area contributed by atoms with E-state index >= 15 is 0 Å². The molecule has 0 aliphatic carbocycles. The van der Waals surface area contributed by atoms with Crippen molar-refractivity contribution in [1.29, 1.82) is 0 Å². The number of nitrogens with zero attached hydrogens (tertiary/aromatic N) is 5. The minimum atomic E-state index is -0.270. The average molecular weight is 377 g/mol. The van der Waals surface area contributed by atoms with Crippen molar-refractivity contribution in [3.05, 3.63) is 35.0 Å². The second-order valence-corrected chi connectivity index (χ2v) is 6.33. The van der Waals surface area contributed by atoms with Gasteiger partial charge in [0.1, 0.15) is 0 Å². The van der Waals surface area contributed by atoms with Gasteiger partial charge in [-0.3, -0.25) is 0 Å². The highest BCUT2D eigenvalue weighted by Crippen LogP contribution is 2.22. The van der Waals surface area contributed by atoms with Crippen LogP contribution in [0.4, 0.5) is 22.2 Å². The highest BCUT2D eigenvalue weighted by Gasteiger charge is 2.23. The van der Waals surface area contributed by atoms with Crippen molar-refractivity contribution in [3.63, 3.8) is 0 Å². The van der Waals surface area contributed by atoms with Gasteiger partial charge in [-0.25, -0.2) is 4.79 Å². The Morgan fingerprint density at radius 2 is 2.08 bits per heavy atom. The Bertz CT molecular complexity index is 780. The van der Waals surface area contributed by atoms with Crippen LogP contribution in [0.5, 0.6) is 0 Å². The number of aromatic nitrogens is 3. The molecule has 1 aromatic heterocycles. The van der Waals surface area contributed by atoms with Gasteiger partial charge in [-0.1, -0.05) is 11.6 Å². The summed E-state index contributed by atoms with van der Waals surface area (Å²) in [6.45, 7) is 6.64. The van der Waals surface area contributed by atoms with Crippen LogP contribution in [0.3, 0.4) is 0 Å². The minimum Gasteiger partial charge on any atom is -0.450 e. The standard InChI is InChI=1S/C17H21ClN6O2/c1-3-26-17(25)24-8-6-23(7-9-24)15-11-19-22-16(21-15)20-14-5-4-13(18)10-12(14)2/h4-5,10-11H,3,6-9H2,1-2H3,(H,20,21,22). The molecule has 0 spiro atoms. The maximum Gasteiger partial charge on any atom is 0.409 e. The Morgan fingerprint density at radius 3 is 2.77 bits per heavy atom. The van der Waals surface area contributed by atoms with Gasteiger partial charge in [0.05, 0.1) is 12.8 Å². The normalized spacial score (nSPS) is 14.3. The van der Waals surface area contributed by atoms with Gasteiger partial charge in [-0.2, -0.15) is 10.1 Å². The number of nitrogens with one attached hydrogen (secondary N) is 1. The van der Waals surface area contributed by atoms with Crippen LogP contribution >= 0.6 is 11.6 Å². The molecule has 138 valence electrons. The van der Waals surface area contributed by atoms with Crippen LogP contribution in [-0.4, -0.2) is 59.0 Å². The number of piperazine rings is 1. The van der Waals surface area contributed by atoms with Crippen LogP contribution in [0.2, 0.25) is 5.02 Å². The van der Waals surface area contributed by atoms with Crippen LogP contribution in [0.1, 0.15) is 12.5 Å². The first-order chi connectivity index (χ1) is 12.6. The van der Waals surface area contributed by atoms with Crippen LogP contribution in [-0.2, 0) is 4.74 Å². The van der Waals surface area contributed by atoms with E-state index in [4.69, 9.17) is 16.3 Å². The molecule has 0 atom stereocenters. The number of carbonyl (C=O) groups is 1. The molecule has 1 aliphatic heterocycles. The smallest absolute Gasteiger partial charge is 0.409 e. The summed E-state index contributed by atoms with van der Waals surface area (Å²) in [5, 5.41) is 11.9. The van der Waals surface area contributed by atoms with E-state index in [1.165, 1.54) is 0 Å². The molecule has 2 aromatic rings. The third-order valence-corrected chi connectivity index (χ3v) is 4.35. The van der Waals surface area contributed by atoms with Gasteiger partial charge >= 0.3 is 6.09 Å². The van der Waals surface area contributed by atoms with E-state index in [0.29, 0.717) is 43.8 Å². The van der Waals surface area contributed by atoms with Crippen LogP contribution in [0.25, 0.3) is 0 Å². The van der Waals surface area contributed by atoms with Gasteiger partial charge in [0.2, 0.25) is 5.95 Å². The summed E-state index contributed by atoms with van der Waals surface area (Å²) in [6.07, 6.45) is 1.36. The molecular formula is C17H21ClN6O2. The Morgan fingerprint density at radius 1 is 1.31 bits per heavy atom. The van der Waals surface area contributed by atoms with Crippen LogP contribution < -0.4 is 10.2 Å². The monoisotopic (exact) mass is 376 g/mol. The third-order valence-electron chi connectivity index (χ3n) is 4.11. The van der Waals surface area contributed by atoms with Crippen molar-refractivity contribution in [3.8, 4) is 0 Å². The molecule has 0 saturated carbocycles. The van der Waals surface area contributed by atoms with E-state index in [0.717, 1.165) is 17.1 Å². The molecule has 1 aromatic carbocycles. The number of carbonyl (C=O) groups excluding carboxylic acids is 1. The molecule has 0 radical (unpaired) electrons. The van der Waals surface area contributed by atoms with Crippen LogP contribution in [0, 0.1) is 6.92 Å². The molecule has 0 bridgehead atoms. The quantitative estimate of drug-likeness (QED) is 0.878. The molecule has 2 heterocycles. The van der Waals surface area contributed by atoms with Crippen molar-refractivity contribution < 1.29 is 9.53 Å². The van der Waals surface area contributed by atoms with E-state index in [9.17, 15) is 4.79 Å². The highest BCUT2D eigenvalue weighted by atomic mass is 35.5. The van der Waals surface area contributed by atoms with Crippen LogP contribution in [0.15, 0.2) is 24.4 Å². The summed E-state index contributed by atoms with van der Waals surface area (Å²) in [5.74, 6) is 1.14. The van der Waals surface area contributed by atoms with Gasteiger partial charge < -0.3 is 19.9 Å². The summed E-state index contributed by atoms with van der Waals surface area (Å²) in [4.78, 5) is 20.1. The predicted molar refractivity (Wildman–Crippen MR) is 100 cm³/mol. The van der Waals surface area contributed by atoms with E-state index in [1.54, 1.807) is 18.0 Å². The molecule has 1 fully saturated rings. The number of hydrogen-bond donors (Lipinski definition) is 1. The lowest BCUT2D eigenvalue weighted by atomic mass is 10.2. The Balaban J connectivity index is 1.65. The van der Waals surface area contributed by atoms with E-state index in [1.807, 2.05) is 25.1 Å². The Labute approximate surface area is 157 Å². The van der Waals surface area contributed by atoms with E-state index in [-0.39, 0.29) is 6.09 Å². The van der Waals surface area contributed by atoms with Gasteiger partial charge in [0.15, 0.2) is 5.82 Å². The third kappa shape index (κ3) is 4.32. The second kappa shape index (κ2) is 8.18. The zero-order valence-electron chi connectivity index (χ0n) is 14.8. The zero-order valence-corrected chi connectivity index (χ0v) is 15.5. The fraction of sp³-hybridized carbons (Fsp3) is 0.412. The molecule has 26 heavy (non-hydrogen) atoms. The number of amides is 1. The molecule has 1 N–H and O–H groups in total. The second-order valence-electron chi connectivity index (χ2n) is 5.90. The Kier molecular flexibility index (Phi) is 5.72. The number of benzene rings is 1. The number of hydrogen-bond acceptors (Lipinski definition) is 7. The molecule has 1 amide bonds. The molecule has 1 aliphatic rings. The summed E-state index contributed by atoms with van der Waals surface area (Å²) < 4.78 is 5.04. The van der Waals surface area contributed by atoms with Crippen molar-refractivity contribution in [2.24, 2.45) is 0 Å². The topological polar surface area (TPSA) is 83.5 Å². The molecule has 3 rings (SSSR count). The maximum atomic E-state index is 11.8. The summed E-state index contributed by atoms with van der Waals surface area (Å²) in [7, 11) is 0. The minimum absolute atomic E-state index is 0.270. The molecule has 8 nitrogen and oxygen atoms in total. The first kappa shape index (κ1) is 18.2. The van der Waals surface area contributed by atoms with Crippen molar-refractivity contribution >= 4 is 35.1 Å². The molecule has 1 saturated heterocycles. The lowest BCUT2D eigenvalue weighted by molar-refractivity contribution is 0.105. The molecule has 9 heteroatoms. The summed E-state index contributed by atoms with van der Waals surface area (Å²) in [6, 6.07) is 5.56. The Hall–Kier alpha value is -2.61. The number of aryl methyl sites for hydroxylation is 1. The first-order valence-electron chi connectivity index (χ1n) is 8.46. The van der Waals surface area contributed by atoms with Gasteiger partial charge in [-0.15, -0.1) is 5.10 Å². The van der Waals surface area contributed by atoms with Gasteiger partial charge in [0, 0.05) is 36.9 Å². The number of anilines is 3. The number of halogens is 1. The molecular weight excluding hydrogens is 356 g/mol. The fourth-order valence-electron chi connectivity index (χ4n) is 2.72. The zero-order chi connectivity index (χ0) is 18.5. The predicted octanol–water partition coefficient (Wildman–Crippen LogP) is 2.86.